The Morgan fingerprint density at radius 3 is 2.43 bits per heavy atom. The molecule has 0 radical (unpaired) electrons. The third-order valence-electron chi connectivity index (χ3n) is 2.52. The van der Waals surface area contributed by atoms with E-state index in [4.69, 9.17) is 11.6 Å². The molecule has 0 aliphatic carbocycles. The van der Waals surface area contributed by atoms with Gasteiger partial charge in [0, 0.05) is 25.7 Å². The SMILES string of the molecule is CN(CCC(F)(F)F)S(=O)(=O)c1cc([N+](=O)[O-])ccc1Cl. The highest BCUT2D eigenvalue weighted by Gasteiger charge is 2.31. The molecule has 0 aromatic heterocycles. The number of sulfonamides is 1. The van der Waals surface area contributed by atoms with Crippen molar-refractivity contribution in [3.05, 3.63) is 33.3 Å². The second kappa shape index (κ2) is 6.16. The number of hydrogen-bond acceptors (Lipinski definition) is 4. The summed E-state index contributed by atoms with van der Waals surface area (Å²) in [6.45, 7) is -0.815. The molecule has 0 aliphatic heterocycles. The summed E-state index contributed by atoms with van der Waals surface area (Å²) in [7, 11) is -3.41. The highest BCUT2D eigenvalue weighted by Crippen LogP contribution is 2.29. The number of nitro groups is 1. The first-order chi connectivity index (χ1) is 9.45. The number of alkyl halides is 3. The van der Waals surface area contributed by atoms with Gasteiger partial charge in [0.25, 0.3) is 5.69 Å². The van der Waals surface area contributed by atoms with E-state index in [9.17, 15) is 31.7 Å². The molecule has 0 N–H and O–H groups in total. The molecule has 0 spiro atoms. The summed E-state index contributed by atoms with van der Waals surface area (Å²) in [6.07, 6.45) is -5.86. The van der Waals surface area contributed by atoms with Crippen molar-refractivity contribution in [3.63, 3.8) is 0 Å². The molecule has 0 unspecified atom stereocenters. The van der Waals surface area contributed by atoms with Gasteiger partial charge in [-0.2, -0.15) is 13.2 Å². The molecular formula is C10H10ClF3N2O4S. The lowest BCUT2D eigenvalue weighted by atomic mass is 10.3. The van der Waals surface area contributed by atoms with E-state index in [1.807, 2.05) is 0 Å². The molecule has 0 heterocycles. The van der Waals surface area contributed by atoms with Gasteiger partial charge in [0.2, 0.25) is 10.0 Å². The Bertz CT molecular complexity index is 648. The summed E-state index contributed by atoms with van der Waals surface area (Å²) in [5.41, 5.74) is -0.526. The third kappa shape index (κ3) is 4.55. The molecule has 0 fully saturated rings. The van der Waals surface area contributed by atoms with Crippen molar-refractivity contribution in [2.75, 3.05) is 13.6 Å². The van der Waals surface area contributed by atoms with Gasteiger partial charge in [-0.1, -0.05) is 11.6 Å². The lowest BCUT2D eigenvalue weighted by Gasteiger charge is -2.18. The number of rotatable bonds is 5. The Morgan fingerprint density at radius 2 is 1.95 bits per heavy atom. The number of non-ortho nitro benzene ring substituents is 1. The Kier molecular flexibility index (Phi) is 5.18. The zero-order chi connectivity index (χ0) is 16.4. The Balaban J connectivity index is 3.12. The number of benzene rings is 1. The van der Waals surface area contributed by atoms with Crippen LogP contribution in [0.25, 0.3) is 0 Å². The van der Waals surface area contributed by atoms with Gasteiger partial charge in [-0.05, 0) is 6.07 Å². The van der Waals surface area contributed by atoms with Crippen LogP contribution < -0.4 is 0 Å². The molecule has 0 atom stereocenters. The minimum Gasteiger partial charge on any atom is -0.258 e. The summed E-state index contributed by atoms with van der Waals surface area (Å²) < 4.78 is 61.0. The molecular weight excluding hydrogens is 337 g/mol. The molecule has 1 aromatic rings. The van der Waals surface area contributed by atoms with E-state index in [-0.39, 0.29) is 5.02 Å². The van der Waals surface area contributed by atoms with Gasteiger partial charge in [0.05, 0.1) is 16.4 Å². The number of nitro benzene ring substituents is 1. The molecule has 118 valence electrons. The van der Waals surface area contributed by atoms with E-state index in [0.717, 1.165) is 19.2 Å². The molecule has 11 heteroatoms. The fraction of sp³-hybridized carbons (Fsp3) is 0.400. The lowest BCUT2D eigenvalue weighted by Crippen LogP contribution is -2.30. The molecule has 0 amide bonds. The highest BCUT2D eigenvalue weighted by molar-refractivity contribution is 7.89. The van der Waals surface area contributed by atoms with Gasteiger partial charge in [-0.15, -0.1) is 0 Å². The predicted molar refractivity (Wildman–Crippen MR) is 68.6 cm³/mol. The summed E-state index contributed by atoms with van der Waals surface area (Å²) in [4.78, 5) is 9.19. The van der Waals surface area contributed by atoms with Crippen molar-refractivity contribution in [3.8, 4) is 0 Å². The quantitative estimate of drug-likeness (QED) is 0.606. The van der Waals surface area contributed by atoms with Crippen molar-refractivity contribution in [2.24, 2.45) is 0 Å². The minimum atomic E-state index is -4.52. The summed E-state index contributed by atoms with van der Waals surface area (Å²) >= 11 is 5.67. The number of halogens is 4. The van der Waals surface area contributed by atoms with E-state index < -0.39 is 44.7 Å². The van der Waals surface area contributed by atoms with Crippen molar-refractivity contribution in [1.82, 2.24) is 4.31 Å². The van der Waals surface area contributed by atoms with E-state index in [0.29, 0.717) is 10.4 Å². The maximum Gasteiger partial charge on any atom is 0.390 e. The van der Waals surface area contributed by atoms with Gasteiger partial charge in [-0.3, -0.25) is 10.1 Å². The Labute approximate surface area is 123 Å². The first kappa shape index (κ1) is 17.7. The molecule has 0 aliphatic rings. The standard InChI is InChI=1S/C10H10ClF3N2O4S/c1-15(5-4-10(12,13)14)21(19,20)9-6-7(16(17)18)2-3-8(9)11/h2-3,6H,4-5H2,1H3. The molecule has 21 heavy (non-hydrogen) atoms. The molecule has 0 saturated heterocycles. The summed E-state index contributed by atoms with van der Waals surface area (Å²) in [6, 6.07) is 2.71. The summed E-state index contributed by atoms with van der Waals surface area (Å²) in [5, 5.41) is 10.3. The van der Waals surface area contributed by atoms with Gasteiger partial charge in [0.1, 0.15) is 4.90 Å². The molecule has 1 aromatic carbocycles. The first-order valence-electron chi connectivity index (χ1n) is 5.42. The smallest absolute Gasteiger partial charge is 0.258 e. The maximum atomic E-state index is 12.1. The second-order valence-electron chi connectivity index (χ2n) is 4.06. The fourth-order valence-corrected chi connectivity index (χ4v) is 3.04. The lowest BCUT2D eigenvalue weighted by molar-refractivity contribution is -0.385. The molecule has 1 rings (SSSR count). The van der Waals surface area contributed by atoms with Crippen LogP contribution in [0, 0.1) is 10.1 Å². The average molecular weight is 347 g/mol. The van der Waals surface area contributed by atoms with E-state index in [1.165, 1.54) is 0 Å². The maximum absolute atomic E-state index is 12.1. The number of hydrogen-bond donors (Lipinski definition) is 0. The summed E-state index contributed by atoms with van der Waals surface area (Å²) in [5.74, 6) is 0. The molecule has 0 saturated carbocycles. The van der Waals surface area contributed by atoms with Gasteiger partial charge in [-0.25, -0.2) is 12.7 Å². The predicted octanol–water partition coefficient (Wildman–Crippen LogP) is 2.82. The van der Waals surface area contributed by atoms with Crippen LogP contribution in [0.3, 0.4) is 0 Å². The third-order valence-corrected chi connectivity index (χ3v) is 4.86. The number of nitrogens with zero attached hydrogens (tertiary/aromatic N) is 2. The van der Waals surface area contributed by atoms with Crippen LogP contribution in [-0.4, -0.2) is 37.4 Å². The Hall–Kier alpha value is -1.39. The molecule has 6 nitrogen and oxygen atoms in total. The largest absolute Gasteiger partial charge is 0.390 e. The highest BCUT2D eigenvalue weighted by atomic mass is 35.5. The van der Waals surface area contributed by atoms with Gasteiger partial charge in [0.15, 0.2) is 0 Å². The van der Waals surface area contributed by atoms with Crippen molar-refractivity contribution >= 4 is 27.3 Å². The van der Waals surface area contributed by atoms with E-state index in [2.05, 4.69) is 0 Å². The zero-order valence-electron chi connectivity index (χ0n) is 10.6. The van der Waals surface area contributed by atoms with Gasteiger partial charge >= 0.3 is 6.18 Å². The Morgan fingerprint density at radius 1 is 1.38 bits per heavy atom. The average Bonchev–Trinajstić information content (AvgIpc) is 2.34. The van der Waals surface area contributed by atoms with E-state index in [1.54, 1.807) is 0 Å². The second-order valence-corrected chi connectivity index (χ2v) is 6.48. The zero-order valence-corrected chi connectivity index (χ0v) is 12.2. The molecule has 0 bridgehead atoms. The van der Waals surface area contributed by atoms with Gasteiger partial charge < -0.3 is 0 Å². The topological polar surface area (TPSA) is 80.5 Å². The normalized spacial score (nSPS) is 12.7. The van der Waals surface area contributed by atoms with Crippen molar-refractivity contribution in [1.29, 1.82) is 0 Å². The van der Waals surface area contributed by atoms with Crippen LogP contribution in [0.1, 0.15) is 6.42 Å². The van der Waals surface area contributed by atoms with Crippen LogP contribution in [-0.2, 0) is 10.0 Å². The van der Waals surface area contributed by atoms with Crippen LogP contribution >= 0.6 is 11.6 Å². The fourth-order valence-electron chi connectivity index (χ4n) is 1.38. The minimum absolute atomic E-state index is 0.306. The first-order valence-corrected chi connectivity index (χ1v) is 7.24. The van der Waals surface area contributed by atoms with Crippen LogP contribution in [0.15, 0.2) is 23.1 Å². The van der Waals surface area contributed by atoms with Crippen LogP contribution in [0.2, 0.25) is 5.02 Å². The van der Waals surface area contributed by atoms with Crippen LogP contribution in [0.5, 0.6) is 0 Å². The van der Waals surface area contributed by atoms with Crippen LogP contribution in [0.4, 0.5) is 18.9 Å². The van der Waals surface area contributed by atoms with Crippen molar-refractivity contribution < 1.29 is 26.5 Å². The van der Waals surface area contributed by atoms with E-state index >= 15 is 0 Å². The monoisotopic (exact) mass is 346 g/mol. The van der Waals surface area contributed by atoms with Crippen molar-refractivity contribution in [2.45, 2.75) is 17.5 Å².